The molecule has 0 aliphatic heterocycles. The van der Waals surface area contributed by atoms with E-state index in [1.54, 1.807) is 41.5 Å². The summed E-state index contributed by atoms with van der Waals surface area (Å²) in [5.41, 5.74) is 2.12. The number of anilines is 1. The third-order valence-electron chi connectivity index (χ3n) is 5.83. The Kier molecular flexibility index (Phi) is 7.28. The summed E-state index contributed by atoms with van der Waals surface area (Å²) in [6.45, 7) is 0.635. The van der Waals surface area contributed by atoms with Crippen LogP contribution in [0.2, 0.25) is 0 Å². The minimum Gasteiger partial charge on any atom is -0.497 e. The lowest BCUT2D eigenvalue weighted by molar-refractivity contribution is 0.330. The Labute approximate surface area is 206 Å². The fourth-order valence-electron chi connectivity index (χ4n) is 4.17. The van der Waals surface area contributed by atoms with Gasteiger partial charge in [-0.25, -0.2) is 4.98 Å². The van der Waals surface area contributed by atoms with Crippen LogP contribution >= 0.6 is 34.4 Å². The molecule has 9 heteroatoms. The first-order valence-corrected chi connectivity index (χ1v) is 14.0. The predicted molar refractivity (Wildman–Crippen MR) is 137 cm³/mol. The van der Waals surface area contributed by atoms with Crippen LogP contribution in [0.25, 0.3) is 9.88 Å². The predicted octanol–water partition coefficient (Wildman–Crippen LogP) is 6.88. The van der Waals surface area contributed by atoms with Crippen molar-refractivity contribution in [2.45, 2.75) is 55.6 Å². The highest BCUT2D eigenvalue weighted by molar-refractivity contribution is 7.98. The molecule has 0 saturated heterocycles. The van der Waals surface area contributed by atoms with Crippen molar-refractivity contribution in [3.05, 3.63) is 58.7 Å². The summed E-state index contributed by atoms with van der Waals surface area (Å²) >= 11 is 5.19. The van der Waals surface area contributed by atoms with Crippen LogP contribution in [0, 0.1) is 0 Å². The van der Waals surface area contributed by atoms with E-state index in [1.807, 2.05) is 24.3 Å². The molecule has 0 unspecified atom stereocenters. The first kappa shape index (κ1) is 22.4. The molecule has 1 aliphatic rings. The first-order valence-electron chi connectivity index (χ1n) is 11.2. The van der Waals surface area contributed by atoms with Crippen molar-refractivity contribution < 1.29 is 4.74 Å². The molecule has 3 aromatic heterocycles. The van der Waals surface area contributed by atoms with Crippen LogP contribution in [0.5, 0.6) is 5.75 Å². The van der Waals surface area contributed by atoms with Gasteiger partial charge in [0.2, 0.25) is 0 Å². The molecule has 5 rings (SSSR count). The molecule has 3 heterocycles. The number of hydrogen-bond donors (Lipinski definition) is 1. The van der Waals surface area contributed by atoms with E-state index in [0.717, 1.165) is 38.9 Å². The molecule has 0 radical (unpaired) electrons. The van der Waals surface area contributed by atoms with Gasteiger partial charge >= 0.3 is 0 Å². The van der Waals surface area contributed by atoms with Crippen LogP contribution in [0.15, 0.2) is 52.3 Å². The lowest BCUT2D eigenvalue weighted by Crippen LogP contribution is -2.18. The molecule has 0 bridgehead atoms. The molecular formula is C24H27N5OS3. The highest BCUT2D eigenvalue weighted by atomic mass is 32.2. The van der Waals surface area contributed by atoms with Gasteiger partial charge in [0.25, 0.3) is 0 Å². The van der Waals surface area contributed by atoms with Crippen LogP contribution in [-0.2, 0) is 12.3 Å². The van der Waals surface area contributed by atoms with Crippen LogP contribution < -0.4 is 10.1 Å². The molecule has 4 aromatic rings. The molecule has 1 saturated carbocycles. The standard InChI is InChI=1S/C24H27N5OS3/c1-30-20-10-5-7-17(13-20)25-14-22-27-28-24(29(22)19-8-3-2-4-9-19)33-16-18-15-32-23(26-18)21-11-6-12-31-21/h5-7,10-13,15,19,25H,2-4,8-9,14,16H2,1H3. The van der Waals surface area contributed by atoms with Crippen LogP contribution in [0.3, 0.4) is 0 Å². The number of ether oxygens (including phenoxy) is 1. The van der Waals surface area contributed by atoms with Crippen molar-refractivity contribution in [2.75, 3.05) is 12.4 Å². The van der Waals surface area contributed by atoms with Gasteiger partial charge in [-0.15, -0.1) is 32.9 Å². The van der Waals surface area contributed by atoms with Gasteiger partial charge in [-0.3, -0.25) is 0 Å². The minimum absolute atomic E-state index is 0.468. The molecule has 1 aliphatic carbocycles. The molecule has 1 N–H and O–H groups in total. The zero-order valence-corrected chi connectivity index (χ0v) is 21.0. The van der Waals surface area contributed by atoms with Gasteiger partial charge in [0, 0.05) is 28.9 Å². The quantitative estimate of drug-likeness (QED) is 0.254. The number of aromatic nitrogens is 4. The second kappa shape index (κ2) is 10.7. The number of methoxy groups -OCH3 is 1. The maximum absolute atomic E-state index is 5.35. The molecule has 0 amide bonds. The Morgan fingerprint density at radius 1 is 1.12 bits per heavy atom. The number of thiazole rings is 1. The van der Waals surface area contributed by atoms with Crippen molar-refractivity contribution in [3.8, 4) is 15.6 Å². The lowest BCUT2D eigenvalue weighted by atomic mass is 9.95. The average Bonchev–Trinajstić information content (AvgIpc) is 3.63. The highest BCUT2D eigenvalue weighted by Crippen LogP contribution is 2.35. The van der Waals surface area contributed by atoms with E-state index in [4.69, 9.17) is 9.72 Å². The lowest BCUT2D eigenvalue weighted by Gasteiger charge is -2.25. The number of nitrogens with zero attached hydrogens (tertiary/aromatic N) is 4. The Hall–Kier alpha value is -2.36. The Morgan fingerprint density at radius 2 is 2.03 bits per heavy atom. The zero-order valence-electron chi connectivity index (χ0n) is 18.6. The van der Waals surface area contributed by atoms with Gasteiger partial charge in [-0.2, -0.15) is 0 Å². The second-order valence-corrected chi connectivity index (χ2v) is 10.8. The van der Waals surface area contributed by atoms with Crippen molar-refractivity contribution in [1.29, 1.82) is 0 Å². The normalized spacial score (nSPS) is 14.5. The van der Waals surface area contributed by atoms with Crippen molar-refractivity contribution >= 4 is 40.1 Å². The Balaban J connectivity index is 1.31. The summed E-state index contributed by atoms with van der Waals surface area (Å²) in [4.78, 5) is 6.06. The van der Waals surface area contributed by atoms with E-state index in [0.29, 0.717) is 12.6 Å². The van der Waals surface area contributed by atoms with E-state index in [9.17, 15) is 0 Å². The fraction of sp³-hybridized carbons (Fsp3) is 0.375. The summed E-state index contributed by atoms with van der Waals surface area (Å²) in [5.74, 6) is 2.63. The summed E-state index contributed by atoms with van der Waals surface area (Å²) in [6, 6.07) is 12.7. The smallest absolute Gasteiger partial charge is 0.191 e. The van der Waals surface area contributed by atoms with E-state index in [2.05, 4.69) is 43.0 Å². The molecular weight excluding hydrogens is 470 g/mol. The number of nitrogens with one attached hydrogen (secondary N) is 1. The van der Waals surface area contributed by atoms with Gasteiger partial charge in [-0.1, -0.05) is 43.2 Å². The largest absolute Gasteiger partial charge is 0.497 e. The maximum atomic E-state index is 5.35. The van der Waals surface area contributed by atoms with Gasteiger partial charge in [0.1, 0.15) is 10.8 Å². The Bertz CT molecular complexity index is 1160. The van der Waals surface area contributed by atoms with E-state index in [1.165, 1.54) is 37.0 Å². The third-order valence-corrected chi connectivity index (χ3v) is 8.74. The molecule has 1 aromatic carbocycles. The summed E-state index contributed by atoms with van der Waals surface area (Å²) < 4.78 is 7.73. The van der Waals surface area contributed by atoms with Crippen LogP contribution in [0.4, 0.5) is 5.69 Å². The number of thioether (sulfide) groups is 1. The van der Waals surface area contributed by atoms with Gasteiger partial charge < -0.3 is 14.6 Å². The molecule has 0 spiro atoms. The Morgan fingerprint density at radius 3 is 2.85 bits per heavy atom. The third kappa shape index (κ3) is 5.42. The number of rotatable bonds is 9. The van der Waals surface area contributed by atoms with E-state index < -0.39 is 0 Å². The topological polar surface area (TPSA) is 64.9 Å². The molecule has 1 fully saturated rings. The average molecular weight is 498 g/mol. The van der Waals surface area contributed by atoms with Crippen LogP contribution in [-0.4, -0.2) is 26.9 Å². The van der Waals surface area contributed by atoms with Crippen molar-refractivity contribution in [3.63, 3.8) is 0 Å². The summed E-state index contributed by atoms with van der Waals surface area (Å²) in [5, 5.41) is 19.0. The number of benzene rings is 1. The maximum Gasteiger partial charge on any atom is 0.191 e. The van der Waals surface area contributed by atoms with Crippen molar-refractivity contribution in [1.82, 2.24) is 19.7 Å². The summed E-state index contributed by atoms with van der Waals surface area (Å²) in [6.07, 6.45) is 6.24. The molecule has 172 valence electrons. The monoisotopic (exact) mass is 497 g/mol. The number of hydrogen-bond acceptors (Lipinski definition) is 8. The zero-order chi connectivity index (χ0) is 22.5. The summed E-state index contributed by atoms with van der Waals surface area (Å²) in [7, 11) is 1.69. The van der Waals surface area contributed by atoms with Crippen molar-refractivity contribution in [2.24, 2.45) is 0 Å². The van der Waals surface area contributed by atoms with E-state index >= 15 is 0 Å². The fourth-order valence-corrected chi connectivity index (χ4v) is 6.83. The van der Waals surface area contributed by atoms with Gasteiger partial charge in [-0.05, 0) is 36.4 Å². The minimum atomic E-state index is 0.468. The molecule has 0 atom stereocenters. The SMILES string of the molecule is COc1cccc(NCc2nnc(SCc3csc(-c4cccs4)n3)n2C2CCCCC2)c1. The first-order chi connectivity index (χ1) is 16.3. The highest BCUT2D eigenvalue weighted by Gasteiger charge is 2.23. The number of thiophene rings is 1. The van der Waals surface area contributed by atoms with Crippen LogP contribution in [0.1, 0.15) is 49.7 Å². The van der Waals surface area contributed by atoms with Gasteiger partial charge in [0.05, 0.1) is 24.2 Å². The second-order valence-electron chi connectivity index (χ2n) is 8.06. The molecule has 33 heavy (non-hydrogen) atoms. The van der Waals surface area contributed by atoms with E-state index in [-0.39, 0.29) is 0 Å². The molecule has 6 nitrogen and oxygen atoms in total. The van der Waals surface area contributed by atoms with Gasteiger partial charge in [0.15, 0.2) is 11.0 Å².